The standard InChI is InChI=1S/C23H21NO5/c1-3-29-23(28)19(21(26)16-7-5-4-6-8-16)13-17-14-20(25)24(22(17)27)18-11-9-15(2)10-12-18/h4-12,14,19H,3,13H2,1-2H3. The van der Waals surface area contributed by atoms with Gasteiger partial charge in [0.1, 0.15) is 5.92 Å². The number of benzene rings is 2. The van der Waals surface area contributed by atoms with E-state index in [0.717, 1.165) is 10.5 Å². The number of rotatable bonds is 7. The van der Waals surface area contributed by atoms with Crippen LogP contribution < -0.4 is 4.90 Å². The van der Waals surface area contributed by atoms with Gasteiger partial charge in [-0.1, -0.05) is 48.0 Å². The number of carbonyl (C=O) groups excluding carboxylic acids is 4. The summed E-state index contributed by atoms with van der Waals surface area (Å²) < 4.78 is 5.05. The van der Waals surface area contributed by atoms with Gasteiger partial charge in [0.2, 0.25) is 0 Å². The molecule has 1 aliphatic heterocycles. The van der Waals surface area contributed by atoms with Crippen LogP contribution in [-0.2, 0) is 19.1 Å². The van der Waals surface area contributed by atoms with Gasteiger partial charge in [0, 0.05) is 17.2 Å². The van der Waals surface area contributed by atoms with E-state index >= 15 is 0 Å². The number of amides is 2. The van der Waals surface area contributed by atoms with Crippen molar-refractivity contribution in [3.63, 3.8) is 0 Å². The molecule has 0 bridgehead atoms. The number of hydrogen-bond donors (Lipinski definition) is 0. The molecule has 1 atom stereocenters. The van der Waals surface area contributed by atoms with Crippen molar-refractivity contribution < 1.29 is 23.9 Å². The number of esters is 1. The molecule has 148 valence electrons. The number of anilines is 1. The molecule has 2 aromatic carbocycles. The van der Waals surface area contributed by atoms with Crippen LogP contribution in [-0.4, -0.2) is 30.2 Å². The molecule has 0 saturated carbocycles. The van der Waals surface area contributed by atoms with E-state index in [1.165, 1.54) is 6.08 Å². The second-order valence-corrected chi connectivity index (χ2v) is 6.72. The molecule has 6 heteroatoms. The van der Waals surface area contributed by atoms with Gasteiger partial charge in [0.25, 0.3) is 11.8 Å². The van der Waals surface area contributed by atoms with Crippen molar-refractivity contribution >= 4 is 29.3 Å². The Morgan fingerprint density at radius 3 is 2.28 bits per heavy atom. The molecule has 1 aliphatic rings. The second kappa shape index (κ2) is 8.65. The first-order valence-electron chi connectivity index (χ1n) is 9.34. The maximum atomic E-state index is 12.9. The average molecular weight is 391 g/mol. The van der Waals surface area contributed by atoms with Crippen molar-refractivity contribution in [3.05, 3.63) is 77.4 Å². The molecule has 0 spiro atoms. The van der Waals surface area contributed by atoms with Crippen LogP contribution in [0.3, 0.4) is 0 Å². The van der Waals surface area contributed by atoms with E-state index in [1.807, 2.05) is 6.92 Å². The number of carbonyl (C=O) groups is 4. The minimum Gasteiger partial charge on any atom is -0.465 e. The maximum absolute atomic E-state index is 12.9. The van der Waals surface area contributed by atoms with Crippen LogP contribution in [0.1, 0.15) is 29.3 Å². The van der Waals surface area contributed by atoms with Crippen molar-refractivity contribution in [2.75, 3.05) is 11.5 Å². The van der Waals surface area contributed by atoms with Crippen LogP contribution in [0.25, 0.3) is 0 Å². The SMILES string of the molecule is CCOC(=O)C(CC1=CC(=O)N(c2ccc(C)cc2)C1=O)C(=O)c1ccccc1. The molecular weight excluding hydrogens is 370 g/mol. The summed E-state index contributed by atoms with van der Waals surface area (Å²) in [6.07, 6.45) is 0.992. The zero-order chi connectivity index (χ0) is 21.0. The molecule has 6 nitrogen and oxygen atoms in total. The minimum atomic E-state index is -1.20. The normalized spacial score (nSPS) is 14.6. The van der Waals surface area contributed by atoms with Crippen molar-refractivity contribution in [1.29, 1.82) is 0 Å². The third-order valence-corrected chi connectivity index (χ3v) is 4.66. The lowest BCUT2D eigenvalue weighted by atomic mass is 9.91. The van der Waals surface area contributed by atoms with E-state index in [9.17, 15) is 19.2 Å². The van der Waals surface area contributed by atoms with Crippen LogP contribution in [0.2, 0.25) is 0 Å². The highest BCUT2D eigenvalue weighted by molar-refractivity contribution is 6.30. The number of imide groups is 1. The molecule has 0 aromatic heterocycles. The zero-order valence-electron chi connectivity index (χ0n) is 16.3. The van der Waals surface area contributed by atoms with Gasteiger partial charge in [-0.3, -0.25) is 19.2 Å². The highest BCUT2D eigenvalue weighted by Gasteiger charge is 2.37. The summed E-state index contributed by atoms with van der Waals surface area (Å²) >= 11 is 0. The predicted octanol–water partition coefficient (Wildman–Crippen LogP) is 3.25. The monoisotopic (exact) mass is 391 g/mol. The summed E-state index contributed by atoms with van der Waals surface area (Å²) in [4.78, 5) is 51.7. The molecule has 0 aliphatic carbocycles. The summed E-state index contributed by atoms with van der Waals surface area (Å²) in [6, 6.07) is 15.3. The number of hydrogen-bond acceptors (Lipinski definition) is 5. The Bertz CT molecular complexity index is 976. The zero-order valence-corrected chi connectivity index (χ0v) is 16.3. The number of nitrogens with zero attached hydrogens (tertiary/aromatic N) is 1. The molecule has 2 amide bonds. The van der Waals surface area contributed by atoms with E-state index in [0.29, 0.717) is 11.3 Å². The van der Waals surface area contributed by atoms with Crippen LogP contribution >= 0.6 is 0 Å². The molecule has 29 heavy (non-hydrogen) atoms. The maximum Gasteiger partial charge on any atom is 0.317 e. The van der Waals surface area contributed by atoms with Gasteiger partial charge >= 0.3 is 5.97 Å². The first kappa shape index (κ1) is 20.2. The summed E-state index contributed by atoms with van der Waals surface area (Å²) in [5.41, 5.74) is 1.90. The second-order valence-electron chi connectivity index (χ2n) is 6.72. The lowest BCUT2D eigenvalue weighted by Gasteiger charge is -2.17. The Kier molecular flexibility index (Phi) is 6.02. The largest absolute Gasteiger partial charge is 0.465 e. The van der Waals surface area contributed by atoms with Gasteiger partial charge in [-0.05, 0) is 32.4 Å². The molecule has 1 heterocycles. The number of ketones is 1. The lowest BCUT2D eigenvalue weighted by molar-refractivity contribution is -0.146. The van der Waals surface area contributed by atoms with E-state index in [-0.39, 0.29) is 18.6 Å². The third-order valence-electron chi connectivity index (χ3n) is 4.66. The molecular formula is C23H21NO5. The van der Waals surface area contributed by atoms with Gasteiger partial charge in [0.15, 0.2) is 5.78 Å². The fourth-order valence-corrected chi connectivity index (χ4v) is 3.15. The molecule has 0 N–H and O–H groups in total. The predicted molar refractivity (Wildman–Crippen MR) is 107 cm³/mol. The van der Waals surface area contributed by atoms with Gasteiger partial charge in [-0.2, -0.15) is 0 Å². The quantitative estimate of drug-likeness (QED) is 0.313. The number of aryl methyl sites for hydroxylation is 1. The van der Waals surface area contributed by atoms with E-state index in [1.54, 1.807) is 61.5 Å². The molecule has 0 saturated heterocycles. The van der Waals surface area contributed by atoms with Crippen molar-refractivity contribution in [3.8, 4) is 0 Å². The van der Waals surface area contributed by atoms with E-state index in [2.05, 4.69) is 0 Å². The number of ether oxygens (including phenoxy) is 1. The van der Waals surface area contributed by atoms with E-state index < -0.39 is 29.5 Å². The summed E-state index contributed by atoms with van der Waals surface area (Å²) in [7, 11) is 0. The number of Topliss-reactive ketones (excluding diaryl/α,β-unsaturated/α-hetero) is 1. The Balaban J connectivity index is 1.85. The highest BCUT2D eigenvalue weighted by atomic mass is 16.5. The summed E-state index contributed by atoms with van der Waals surface area (Å²) in [5.74, 6) is -3.38. The minimum absolute atomic E-state index is 0.109. The van der Waals surface area contributed by atoms with Crippen LogP contribution in [0.15, 0.2) is 66.2 Å². The summed E-state index contributed by atoms with van der Waals surface area (Å²) in [5, 5.41) is 0. The summed E-state index contributed by atoms with van der Waals surface area (Å²) in [6.45, 7) is 3.66. The fraction of sp³-hybridized carbons (Fsp3) is 0.217. The van der Waals surface area contributed by atoms with Gasteiger partial charge < -0.3 is 4.74 Å². The topological polar surface area (TPSA) is 80.8 Å². The van der Waals surface area contributed by atoms with Gasteiger partial charge in [0.05, 0.1) is 12.3 Å². The Morgan fingerprint density at radius 1 is 1.00 bits per heavy atom. The van der Waals surface area contributed by atoms with Crippen molar-refractivity contribution in [2.45, 2.75) is 20.3 Å². The fourth-order valence-electron chi connectivity index (χ4n) is 3.15. The smallest absolute Gasteiger partial charge is 0.317 e. The first-order valence-corrected chi connectivity index (χ1v) is 9.34. The highest BCUT2D eigenvalue weighted by Crippen LogP contribution is 2.28. The van der Waals surface area contributed by atoms with Crippen LogP contribution in [0.4, 0.5) is 5.69 Å². The third kappa shape index (κ3) is 4.32. The molecule has 0 radical (unpaired) electrons. The van der Waals surface area contributed by atoms with Crippen LogP contribution in [0, 0.1) is 12.8 Å². The van der Waals surface area contributed by atoms with E-state index in [4.69, 9.17) is 4.74 Å². The molecule has 0 fully saturated rings. The Labute approximate surface area is 168 Å². The lowest BCUT2D eigenvalue weighted by Crippen LogP contribution is -2.32. The van der Waals surface area contributed by atoms with Gasteiger partial charge in [-0.15, -0.1) is 0 Å². The van der Waals surface area contributed by atoms with Crippen LogP contribution in [0.5, 0.6) is 0 Å². The first-order chi connectivity index (χ1) is 13.9. The molecule has 1 unspecified atom stereocenters. The Hall–Kier alpha value is -3.54. The van der Waals surface area contributed by atoms with Gasteiger partial charge in [-0.25, -0.2) is 4.90 Å². The average Bonchev–Trinajstić information content (AvgIpc) is 3.00. The molecule has 2 aromatic rings. The Morgan fingerprint density at radius 2 is 1.66 bits per heavy atom. The molecule has 3 rings (SSSR count). The van der Waals surface area contributed by atoms with Crippen molar-refractivity contribution in [1.82, 2.24) is 0 Å². The van der Waals surface area contributed by atoms with Crippen molar-refractivity contribution in [2.24, 2.45) is 5.92 Å².